The molecule has 0 radical (unpaired) electrons. The van der Waals surface area contributed by atoms with E-state index in [2.05, 4.69) is 144 Å². The van der Waals surface area contributed by atoms with E-state index in [0.29, 0.717) is 0 Å². The van der Waals surface area contributed by atoms with Crippen molar-refractivity contribution in [1.29, 1.82) is 0 Å². The summed E-state index contributed by atoms with van der Waals surface area (Å²) in [6.45, 7) is -0.0173. The van der Waals surface area contributed by atoms with E-state index in [9.17, 15) is 0 Å². The fraction of sp³-hybridized carbons (Fsp3) is 0. The quantitative estimate of drug-likeness (QED) is 0.170. The average Bonchev–Trinajstić information content (AvgIpc) is 3.61. The number of anilines is 3. The Morgan fingerprint density at radius 1 is 0.396 bits per heavy atom. The van der Waals surface area contributed by atoms with E-state index in [1.165, 1.54) is 22.3 Å². The lowest BCUT2D eigenvalue weighted by atomic mass is 9.35. The van der Waals surface area contributed by atoms with Crippen molar-refractivity contribution < 1.29 is 13.9 Å². The third-order valence-electron chi connectivity index (χ3n) is 10.6. The van der Waals surface area contributed by atoms with Gasteiger partial charge in [0.15, 0.2) is 11.3 Å². The third-order valence-corrected chi connectivity index (χ3v) is 10.6. The number of benzene rings is 8. The number of hydrogen-bond acceptors (Lipinski definition) is 4. The first-order valence-corrected chi connectivity index (χ1v) is 17.9. The van der Waals surface area contributed by atoms with Gasteiger partial charge in [-0.1, -0.05) is 121 Å². The van der Waals surface area contributed by atoms with Crippen molar-refractivity contribution in [2.45, 2.75) is 0 Å². The second-order valence-electron chi connectivity index (χ2n) is 13.6. The molecule has 0 amide bonds. The molecule has 53 heavy (non-hydrogen) atoms. The minimum atomic E-state index is -0.0173. The smallest absolute Gasteiger partial charge is 0.260 e. The average molecular weight is 680 g/mol. The third kappa shape index (κ3) is 4.78. The minimum absolute atomic E-state index is 0.0173. The second-order valence-corrected chi connectivity index (χ2v) is 13.6. The second kappa shape index (κ2) is 11.8. The Balaban J connectivity index is 1.05. The lowest BCUT2D eigenvalue weighted by Crippen LogP contribution is -2.57. The molecule has 0 saturated carbocycles. The Morgan fingerprint density at radius 3 is 1.62 bits per heavy atom. The van der Waals surface area contributed by atoms with Gasteiger partial charge in [0.1, 0.15) is 22.8 Å². The first kappa shape index (κ1) is 29.7. The molecule has 11 rings (SSSR count). The number of fused-ring (bicyclic) bond motifs is 8. The van der Waals surface area contributed by atoms with Gasteiger partial charge in [-0.05, 0) is 87.8 Å². The SMILES string of the molecule is c1ccc(-c2ccc(N(c3ccc(-c4ccccc4)cc3)c3ccc4c(c3)oc3c5c(ccc34)B3c4ccccc4Oc4cccc(c43)O5)cc2)cc1. The molecule has 0 atom stereocenters. The van der Waals surface area contributed by atoms with Crippen LogP contribution in [0.25, 0.3) is 44.2 Å². The van der Waals surface area contributed by atoms with Gasteiger partial charge in [0.2, 0.25) is 0 Å². The van der Waals surface area contributed by atoms with Crippen molar-refractivity contribution in [2.24, 2.45) is 0 Å². The van der Waals surface area contributed by atoms with Crippen LogP contribution in [0.5, 0.6) is 23.0 Å². The minimum Gasteiger partial charge on any atom is -0.458 e. The van der Waals surface area contributed by atoms with Gasteiger partial charge in [0, 0.05) is 39.4 Å². The van der Waals surface area contributed by atoms with Crippen molar-refractivity contribution in [3.63, 3.8) is 0 Å². The maximum atomic E-state index is 6.83. The zero-order valence-electron chi connectivity index (χ0n) is 28.6. The highest BCUT2D eigenvalue weighted by Crippen LogP contribution is 2.43. The summed E-state index contributed by atoms with van der Waals surface area (Å²) in [6.07, 6.45) is 0. The van der Waals surface area contributed by atoms with Crippen molar-refractivity contribution in [1.82, 2.24) is 0 Å². The van der Waals surface area contributed by atoms with Gasteiger partial charge < -0.3 is 18.8 Å². The van der Waals surface area contributed by atoms with Crippen LogP contribution in [0.2, 0.25) is 0 Å². The highest BCUT2D eigenvalue weighted by Gasteiger charge is 2.41. The topological polar surface area (TPSA) is 34.8 Å². The van der Waals surface area contributed by atoms with E-state index < -0.39 is 0 Å². The van der Waals surface area contributed by atoms with Crippen LogP contribution in [-0.4, -0.2) is 6.71 Å². The summed E-state index contributed by atoms with van der Waals surface area (Å²) in [4.78, 5) is 2.29. The van der Waals surface area contributed by atoms with Gasteiger partial charge >= 0.3 is 0 Å². The Kier molecular flexibility index (Phi) is 6.61. The summed E-state index contributed by atoms with van der Waals surface area (Å²) >= 11 is 0. The molecule has 0 saturated heterocycles. The predicted octanol–water partition coefficient (Wildman–Crippen LogP) is 11.1. The Hall–Kier alpha value is -6.98. The number of hydrogen-bond donors (Lipinski definition) is 0. The largest absolute Gasteiger partial charge is 0.458 e. The van der Waals surface area contributed by atoms with Crippen LogP contribution in [0, 0.1) is 0 Å². The molecule has 2 aliphatic heterocycles. The number of ether oxygens (including phenoxy) is 2. The zero-order valence-corrected chi connectivity index (χ0v) is 28.6. The molecule has 1 aromatic heterocycles. The molecule has 8 aromatic carbocycles. The van der Waals surface area contributed by atoms with Gasteiger partial charge in [0.25, 0.3) is 6.71 Å². The zero-order chi connectivity index (χ0) is 34.9. The van der Waals surface area contributed by atoms with Crippen molar-refractivity contribution in [2.75, 3.05) is 4.90 Å². The number of para-hydroxylation sites is 1. The molecule has 3 heterocycles. The lowest BCUT2D eigenvalue weighted by molar-refractivity contribution is 0.461. The molecular weight excluding hydrogens is 649 g/mol. The first-order valence-electron chi connectivity index (χ1n) is 17.9. The van der Waals surface area contributed by atoms with E-state index in [1.54, 1.807) is 0 Å². The van der Waals surface area contributed by atoms with E-state index in [-0.39, 0.29) is 6.71 Å². The van der Waals surface area contributed by atoms with Crippen LogP contribution in [0.1, 0.15) is 0 Å². The normalized spacial score (nSPS) is 12.4. The molecule has 0 aliphatic carbocycles. The van der Waals surface area contributed by atoms with Crippen LogP contribution in [0.3, 0.4) is 0 Å². The Bertz CT molecular complexity index is 2750. The Morgan fingerprint density at radius 2 is 0.943 bits per heavy atom. The van der Waals surface area contributed by atoms with Crippen molar-refractivity contribution >= 4 is 62.1 Å². The molecule has 5 heteroatoms. The summed E-state index contributed by atoms with van der Waals surface area (Å²) in [5.74, 6) is 3.27. The number of furan rings is 1. The predicted molar refractivity (Wildman–Crippen MR) is 217 cm³/mol. The molecule has 2 aliphatic rings. The first-order chi connectivity index (χ1) is 26.3. The molecule has 0 fully saturated rings. The van der Waals surface area contributed by atoms with Crippen molar-refractivity contribution in [3.8, 4) is 45.3 Å². The molecule has 248 valence electrons. The van der Waals surface area contributed by atoms with Gasteiger partial charge in [-0.25, -0.2) is 0 Å². The Labute approximate surface area is 307 Å². The van der Waals surface area contributed by atoms with E-state index in [1.807, 2.05) is 42.5 Å². The standard InChI is InChI=1S/C48H30BNO3/c1-3-10-31(11-4-1)33-18-22-35(23-19-33)50(36-24-20-34(21-25-36)32-12-5-2-6-13-32)37-26-27-38-39-28-29-41-48(47(39)53-45(38)30-37)52-44-17-9-16-43-46(44)49(41)40-14-7-8-15-42(40)51-43/h1-30H. The molecule has 4 nitrogen and oxygen atoms in total. The summed E-state index contributed by atoms with van der Waals surface area (Å²) in [6, 6.07) is 63.7. The maximum absolute atomic E-state index is 6.83. The molecule has 0 N–H and O–H groups in total. The lowest BCUT2D eigenvalue weighted by Gasteiger charge is -2.32. The van der Waals surface area contributed by atoms with Crippen LogP contribution in [0.15, 0.2) is 186 Å². The summed E-state index contributed by atoms with van der Waals surface area (Å²) in [5, 5.41) is 2.07. The van der Waals surface area contributed by atoms with Gasteiger partial charge in [-0.2, -0.15) is 0 Å². The summed E-state index contributed by atoms with van der Waals surface area (Å²) in [7, 11) is 0. The molecule has 0 unspecified atom stereocenters. The maximum Gasteiger partial charge on any atom is 0.260 e. The molecular formula is C48H30BNO3. The van der Waals surface area contributed by atoms with E-state index >= 15 is 0 Å². The van der Waals surface area contributed by atoms with Gasteiger partial charge in [0.05, 0.1) is 0 Å². The monoisotopic (exact) mass is 679 g/mol. The van der Waals surface area contributed by atoms with E-state index in [0.717, 1.165) is 78.4 Å². The molecule has 0 spiro atoms. The molecule has 9 aromatic rings. The van der Waals surface area contributed by atoms with Crippen molar-refractivity contribution in [3.05, 3.63) is 182 Å². The summed E-state index contributed by atoms with van der Waals surface area (Å²) in [5.41, 5.74) is 12.6. The van der Waals surface area contributed by atoms with Crippen LogP contribution < -0.4 is 30.8 Å². The number of rotatable bonds is 5. The van der Waals surface area contributed by atoms with Crippen LogP contribution in [0.4, 0.5) is 17.1 Å². The van der Waals surface area contributed by atoms with Gasteiger partial charge in [-0.3, -0.25) is 0 Å². The highest BCUT2D eigenvalue weighted by molar-refractivity contribution is 6.98. The summed E-state index contributed by atoms with van der Waals surface area (Å²) < 4.78 is 19.9. The number of nitrogens with zero attached hydrogens (tertiary/aromatic N) is 1. The highest BCUT2D eigenvalue weighted by atomic mass is 16.5. The van der Waals surface area contributed by atoms with Crippen LogP contribution >= 0.6 is 0 Å². The fourth-order valence-electron chi connectivity index (χ4n) is 8.11. The van der Waals surface area contributed by atoms with Gasteiger partial charge in [-0.15, -0.1) is 0 Å². The fourth-order valence-corrected chi connectivity index (χ4v) is 8.11. The molecule has 0 bridgehead atoms. The van der Waals surface area contributed by atoms with E-state index in [4.69, 9.17) is 13.9 Å². The van der Waals surface area contributed by atoms with Crippen LogP contribution in [-0.2, 0) is 0 Å².